The number of anilines is 1. The monoisotopic (exact) mass is 379 g/mol. The molecule has 2 nitrogen and oxygen atoms in total. The van der Waals surface area contributed by atoms with E-state index in [0.717, 1.165) is 41.8 Å². The zero-order chi connectivity index (χ0) is 18.6. The number of halogens is 2. The molecule has 1 N–H and O–H groups in total. The molecule has 0 heterocycles. The first-order chi connectivity index (χ1) is 11.8. The van der Waals surface area contributed by atoms with Gasteiger partial charge >= 0.3 is 0 Å². The minimum atomic E-state index is 0.264. The van der Waals surface area contributed by atoms with E-state index in [1.54, 1.807) is 6.07 Å². The van der Waals surface area contributed by atoms with Crippen molar-refractivity contribution < 1.29 is 5.11 Å². The lowest BCUT2D eigenvalue weighted by atomic mass is 9.96. The molecule has 25 heavy (non-hydrogen) atoms. The summed E-state index contributed by atoms with van der Waals surface area (Å²) in [6, 6.07) is 9.69. The molecule has 0 aromatic heterocycles. The Balaban J connectivity index is 2.27. The Labute approximate surface area is 161 Å². The number of unbranched alkanes of at least 4 members (excludes halogenated alkanes) is 1. The molecular weight excluding hydrogens is 353 g/mol. The maximum Gasteiger partial charge on any atom is 0.119 e. The topological polar surface area (TPSA) is 23.5 Å². The van der Waals surface area contributed by atoms with Gasteiger partial charge in [-0.25, -0.2) is 0 Å². The van der Waals surface area contributed by atoms with E-state index in [1.807, 2.05) is 24.3 Å². The largest absolute Gasteiger partial charge is 0.508 e. The SMILES string of the molecule is CCCCN(C)c1cc(Cl)c(Cc2ccc(O)c(C(C)C)c2)c(Cl)c1. The molecule has 2 aromatic rings. The van der Waals surface area contributed by atoms with Gasteiger partial charge in [0.15, 0.2) is 0 Å². The normalized spacial score (nSPS) is 11.2. The molecule has 4 heteroatoms. The molecule has 0 aliphatic heterocycles. The van der Waals surface area contributed by atoms with Crippen LogP contribution in [0.1, 0.15) is 56.2 Å². The Bertz CT molecular complexity index is 705. The van der Waals surface area contributed by atoms with E-state index in [-0.39, 0.29) is 5.92 Å². The molecule has 0 bridgehead atoms. The molecule has 0 unspecified atom stereocenters. The zero-order valence-electron chi connectivity index (χ0n) is 15.4. The lowest BCUT2D eigenvalue weighted by Gasteiger charge is -2.21. The van der Waals surface area contributed by atoms with E-state index in [1.165, 1.54) is 0 Å². The third-order valence-corrected chi connectivity index (χ3v) is 5.18. The summed E-state index contributed by atoms with van der Waals surface area (Å²) in [5.41, 5.74) is 4.01. The highest BCUT2D eigenvalue weighted by atomic mass is 35.5. The van der Waals surface area contributed by atoms with Crippen molar-refractivity contribution in [2.24, 2.45) is 0 Å². The van der Waals surface area contributed by atoms with E-state index in [4.69, 9.17) is 23.2 Å². The molecule has 0 amide bonds. The maximum absolute atomic E-state index is 9.99. The minimum absolute atomic E-state index is 0.264. The van der Waals surface area contributed by atoms with Gasteiger partial charge in [0.25, 0.3) is 0 Å². The number of phenols is 1. The predicted octanol–water partition coefficient (Wildman–Crippen LogP) is 6.65. The minimum Gasteiger partial charge on any atom is -0.508 e. The van der Waals surface area contributed by atoms with E-state index in [9.17, 15) is 5.11 Å². The van der Waals surface area contributed by atoms with Gasteiger partial charge in [-0.3, -0.25) is 0 Å². The third kappa shape index (κ3) is 5.05. The van der Waals surface area contributed by atoms with Gasteiger partial charge in [0.2, 0.25) is 0 Å². The lowest BCUT2D eigenvalue weighted by Crippen LogP contribution is -2.18. The van der Waals surface area contributed by atoms with Crippen LogP contribution in [-0.2, 0) is 6.42 Å². The Kier molecular flexibility index (Phi) is 7.04. The van der Waals surface area contributed by atoms with Crippen molar-refractivity contribution in [2.45, 2.75) is 46.0 Å². The number of benzene rings is 2. The molecule has 136 valence electrons. The molecule has 0 atom stereocenters. The van der Waals surface area contributed by atoms with Gasteiger partial charge in [-0.1, -0.05) is 62.5 Å². The first-order valence-corrected chi connectivity index (χ1v) is 9.59. The number of rotatable bonds is 7. The van der Waals surface area contributed by atoms with Gasteiger partial charge < -0.3 is 10.0 Å². The highest BCUT2D eigenvalue weighted by Gasteiger charge is 2.13. The summed E-state index contributed by atoms with van der Waals surface area (Å²) < 4.78 is 0. The lowest BCUT2D eigenvalue weighted by molar-refractivity contribution is 0.464. The van der Waals surface area contributed by atoms with Crippen LogP contribution in [0.5, 0.6) is 5.75 Å². The van der Waals surface area contributed by atoms with Gasteiger partial charge in [-0.15, -0.1) is 0 Å². The Morgan fingerprint density at radius 3 is 2.28 bits per heavy atom. The summed E-state index contributed by atoms with van der Waals surface area (Å²) >= 11 is 13.1. The fourth-order valence-corrected chi connectivity index (χ4v) is 3.49. The number of phenolic OH excluding ortho intramolecular Hbond substituents is 1. The fraction of sp³-hybridized carbons (Fsp3) is 0.429. The number of nitrogens with zero attached hydrogens (tertiary/aromatic N) is 1. The van der Waals surface area contributed by atoms with Crippen LogP contribution in [0.4, 0.5) is 5.69 Å². The van der Waals surface area contributed by atoms with Crippen LogP contribution in [0.25, 0.3) is 0 Å². The molecule has 0 saturated heterocycles. The Morgan fingerprint density at radius 2 is 1.72 bits per heavy atom. The highest BCUT2D eigenvalue weighted by molar-refractivity contribution is 6.36. The molecule has 0 aliphatic rings. The van der Waals surface area contributed by atoms with Gasteiger partial charge in [-0.05, 0) is 47.2 Å². The average Bonchev–Trinajstić information content (AvgIpc) is 2.56. The van der Waals surface area contributed by atoms with E-state index in [0.29, 0.717) is 22.2 Å². The van der Waals surface area contributed by atoms with Crippen molar-refractivity contribution in [3.8, 4) is 5.75 Å². The predicted molar refractivity (Wildman–Crippen MR) is 110 cm³/mol. The molecular formula is C21H27Cl2NO. The second-order valence-corrected chi connectivity index (χ2v) is 7.70. The molecule has 2 rings (SSSR count). The summed E-state index contributed by atoms with van der Waals surface area (Å²) in [5.74, 6) is 0.601. The van der Waals surface area contributed by atoms with E-state index in [2.05, 4.69) is 32.7 Å². The van der Waals surface area contributed by atoms with Crippen molar-refractivity contribution in [1.82, 2.24) is 0 Å². The number of aromatic hydroxyl groups is 1. The van der Waals surface area contributed by atoms with Crippen LogP contribution in [-0.4, -0.2) is 18.7 Å². The molecule has 0 radical (unpaired) electrons. The van der Waals surface area contributed by atoms with Crippen molar-refractivity contribution in [2.75, 3.05) is 18.5 Å². The van der Waals surface area contributed by atoms with E-state index >= 15 is 0 Å². The van der Waals surface area contributed by atoms with Crippen LogP contribution in [0.3, 0.4) is 0 Å². The van der Waals surface area contributed by atoms with Crippen LogP contribution in [0.15, 0.2) is 30.3 Å². The fourth-order valence-electron chi connectivity index (χ4n) is 2.88. The smallest absolute Gasteiger partial charge is 0.119 e. The van der Waals surface area contributed by atoms with Crippen LogP contribution < -0.4 is 4.90 Å². The van der Waals surface area contributed by atoms with Crippen LogP contribution in [0, 0.1) is 0 Å². The van der Waals surface area contributed by atoms with E-state index < -0.39 is 0 Å². The highest BCUT2D eigenvalue weighted by Crippen LogP contribution is 2.34. The Morgan fingerprint density at radius 1 is 1.08 bits per heavy atom. The Hall–Kier alpha value is -1.38. The zero-order valence-corrected chi connectivity index (χ0v) is 17.0. The van der Waals surface area contributed by atoms with Crippen molar-refractivity contribution >= 4 is 28.9 Å². The summed E-state index contributed by atoms with van der Waals surface area (Å²) in [4.78, 5) is 2.18. The quantitative estimate of drug-likeness (QED) is 0.581. The molecule has 2 aromatic carbocycles. The summed E-state index contributed by atoms with van der Waals surface area (Å²) in [5, 5.41) is 11.4. The standard InChI is InChI=1S/C21H27Cl2NO/c1-5-6-9-24(4)16-12-19(22)18(20(23)13-16)11-15-7-8-21(25)17(10-15)14(2)3/h7-8,10,12-14,25H,5-6,9,11H2,1-4H3. The van der Waals surface area contributed by atoms with Crippen molar-refractivity contribution in [3.63, 3.8) is 0 Å². The first kappa shape index (κ1) is 19.9. The van der Waals surface area contributed by atoms with Gasteiger partial charge in [-0.2, -0.15) is 0 Å². The third-order valence-electron chi connectivity index (χ3n) is 4.51. The average molecular weight is 380 g/mol. The molecule has 0 spiro atoms. The van der Waals surface area contributed by atoms with Gasteiger partial charge in [0.1, 0.15) is 5.75 Å². The molecule has 0 aliphatic carbocycles. The van der Waals surface area contributed by atoms with Crippen LogP contribution >= 0.6 is 23.2 Å². The molecule has 0 fully saturated rings. The second-order valence-electron chi connectivity index (χ2n) is 6.89. The van der Waals surface area contributed by atoms with Gasteiger partial charge in [0.05, 0.1) is 0 Å². The van der Waals surface area contributed by atoms with Gasteiger partial charge in [0, 0.05) is 35.7 Å². The second kappa shape index (κ2) is 8.82. The van der Waals surface area contributed by atoms with Crippen molar-refractivity contribution in [1.29, 1.82) is 0 Å². The van der Waals surface area contributed by atoms with Crippen LogP contribution in [0.2, 0.25) is 10.0 Å². The number of hydrogen-bond donors (Lipinski definition) is 1. The first-order valence-electron chi connectivity index (χ1n) is 8.84. The van der Waals surface area contributed by atoms with Crippen molar-refractivity contribution in [3.05, 3.63) is 57.1 Å². The summed E-state index contributed by atoms with van der Waals surface area (Å²) in [6.07, 6.45) is 2.94. The summed E-state index contributed by atoms with van der Waals surface area (Å²) in [7, 11) is 2.06. The number of hydrogen-bond acceptors (Lipinski definition) is 2. The maximum atomic E-state index is 9.99. The molecule has 0 saturated carbocycles. The summed E-state index contributed by atoms with van der Waals surface area (Å²) in [6.45, 7) is 7.30.